The third-order valence-electron chi connectivity index (χ3n) is 2.07. The highest BCUT2D eigenvalue weighted by atomic mass is 16.5. The second kappa shape index (κ2) is 3.49. The predicted octanol–water partition coefficient (Wildman–Crippen LogP) is 0.401. The summed E-state index contributed by atoms with van der Waals surface area (Å²) in [4.78, 5) is 21.7. The molecule has 1 aliphatic rings. The Hall–Kier alpha value is -1.84. The molecule has 72 valence electrons. The van der Waals surface area contributed by atoms with Gasteiger partial charge in [0.05, 0.1) is 6.04 Å². The molecule has 0 radical (unpaired) electrons. The molecule has 0 bridgehead atoms. The van der Waals surface area contributed by atoms with E-state index in [0.717, 1.165) is 5.56 Å². The van der Waals surface area contributed by atoms with Gasteiger partial charge in [0.1, 0.15) is 6.61 Å². The smallest absolute Gasteiger partial charge is 0.396 e. The largest absolute Gasteiger partial charge is 0.456 e. The van der Waals surface area contributed by atoms with E-state index in [0.29, 0.717) is 0 Å². The molecule has 0 unspecified atom stereocenters. The first kappa shape index (κ1) is 8.74. The normalized spacial score (nSPS) is 21.3. The standard InChI is InChI=1S/C10H9NO3/c12-9-10(13)14-6-8(11-9)7-4-2-1-3-5-7/h1-5,8H,6H2,(H,11,12)/t8-/m0/s1. The number of carbonyl (C=O) groups is 2. The first-order chi connectivity index (χ1) is 6.77. The summed E-state index contributed by atoms with van der Waals surface area (Å²) in [6.45, 7) is 0.203. The van der Waals surface area contributed by atoms with Crippen molar-refractivity contribution in [2.45, 2.75) is 6.04 Å². The number of morpholine rings is 1. The molecule has 1 atom stereocenters. The number of benzene rings is 1. The van der Waals surface area contributed by atoms with Crippen molar-refractivity contribution in [3.05, 3.63) is 35.9 Å². The van der Waals surface area contributed by atoms with Gasteiger partial charge < -0.3 is 10.1 Å². The Morgan fingerprint density at radius 1 is 1.21 bits per heavy atom. The van der Waals surface area contributed by atoms with E-state index >= 15 is 0 Å². The summed E-state index contributed by atoms with van der Waals surface area (Å²) in [5.41, 5.74) is 0.938. The van der Waals surface area contributed by atoms with Crippen molar-refractivity contribution in [2.75, 3.05) is 6.61 Å². The number of rotatable bonds is 1. The van der Waals surface area contributed by atoms with Crippen LogP contribution in [0.4, 0.5) is 0 Å². The molecule has 1 heterocycles. The fourth-order valence-corrected chi connectivity index (χ4v) is 1.35. The molecule has 0 aliphatic carbocycles. The van der Waals surface area contributed by atoms with Gasteiger partial charge in [-0.05, 0) is 5.56 Å². The number of hydrogen-bond donors (Lipinski definition) is 1. The van der Waals surface area contributed by atoms with Crippen LogP contribution in [0.5, 0.6) is 0 Å². The van der Waals surface area contributed by atoms with Crippen molar-refractivity contribution in [3.63, 3.8) is 0 Å². The van der Waals surface area contributed by atoms with Crippen LogP contribution in [0, 0.1) is 0 Å². The number of esters is 1. The van der Waals surface area contributed by atoms with Crippen molar-refractivity contribution in [1.82, 2.24) is 5.32 Å². The highest BCUT2D eigenvalue weighted by Crippen LogP contribution is 2.15. The Balaban J connectivity index is 2.14. The molecule has 4 nitrogen and oxygen atoms in total. The van der Waals surface area contributed by atoms with E-state index in [1.807, 2.05) is 30.3 Å². The molecule has 1 fully saturated rings. The zero-order chi connectivity index (χ0) is 9.97. The highest BCUT2D eigenvalue weighted by molar-refractivity contribution is 6.33. The van der Waals surface area contributed by atoms with Gasteiger partial charge in [-0.25, -0.2) is 4.79 Å². The summed E-state index contributed by atoms with van der Waals surface area (Å²) < 4.78 is 4.71. The second-order valence-electron chi connectivity index (χ2n) is 3.04. The zero-order valence-corrected chi connectivity index (χ0v) is 7.40. The van der Waals surface area contributed by atoms with E-state index in [4.69, 9.17) is 4.74 Å². The number of cyclic esters (lactones) is 1. The van der Waals surface area contributed by atoms with E-state index in [2.05, 4.69) is 5.32 Å². The average Bonchev–Trinajstić information content (AvgIpc) is 2.23. The van der Waals surface area contributed by atoms with Crippen LogP contribution >= 0.6 is 0 Å². The van der Waals surface area contributed by atoms with Gasteiger partial charge in [0.15, 0.2) is 0 Å². The third kappa shape index (κ3) is 1.59. The fraction of sp³-hybridized carbons (Fsp3) is 0.200. The summed E-state index contributed by atoms with van der Waals surface area (Å²) in [5, 5.41) is 2.57. The number of nitrogens with one attached hydrogen (secondary N) is 1. The molecule has 1 saturated heterocycles. The number of carbonyl (C=O) groups excluding carboxylic acids is 2. The molecular formula is C10H9NO3. The van der Waals surface area contributed by atoms with Crippen LogP contribution in [0.3, 0.4) is 0 Å². The van der Waals surface area contributed by atoms with E-state index in [1.165, 1.54) is 0 Å². The summed E-state index contributed by atoms with van der Waals surface area (Å²) in [6, 6.07) is 9.17. The van der Waals surface area contributed by atoms with Crippen LogP contribution in [-0.2, 0) is 14.3 Å². The molecule has 2 rings (SSSR count). The molecular weight excluding hydrogens is 182 g/mol. The molecule has 1 aliphatic heterocycles. The predicted molar refractivity (Wildman–Crippen MR) is 48.3 cm³/mol. The molecule has 0 saturated carbocycles. The molecule has 14 heavy (non-hydrogen) atoms. The van der Waals surface area contributed by atoms with E-state index in [9.17, 15) is 9.59 Å². The Bertz CT molecular complexity index is 361. The van der Waals surface area contributed by atoms with Crippen molar-refractivity contribution < 1.29 is 14.3 Å². The van der Waals surface area contributed by atoms with Crippen LogP contribution in [0.2, 0.25) is 0 Å². The first-order valence-electron chi connectivity index (χ1n) is 4.30. The van der Waals surface area contributed by atoms with Crippen LogP contribution in [0.25, 0.3) is 0 Å². The van der Waals surface area contributed by atoms with Crippen LogP contribution in [0.1, 0.15) is 11.6 Å². The maximum absolute atomic E-state index is 11.0. The SMILES string of the molecule is O=C1N[C@H](c2ccccc2)COC1=O. The number of ether oxygens (including phenoxy) is 1. The van der Waals surface area contributed by atoms with Crippen LogP contribution in [-0.4, -0.2) is 18.5 Å². The van der Waals surface area contributed by atoms with Gasteiger partial charge in [0.2, 0.25) is 0 Å². The Kier molecular flexibility index (Phi) is 2.18. The van der Waals surface area contributed by atoms with E-state index < -0.39 is 11.9 Å². The molecule has 4 heteroatoms. The molecule has 0 spiro atoms. The first-order valence-corrected chi connectivity index (χ1v) is 4.30. The van der Waals surface area contributed by atoms with Gasteiger partial charge in [0.25, 0.3) is 0 Å². The van der Waals surface area contributed by atoms with Gasteiger partial charge in [-0.3, -0.25) is 4.79 Å². The second-order valence-corrected chi connectivity index (χ2v) is 3.04. The van der Waals surface area contributed by atoms with E-state index in [1.54, 1.807) is 0 Å². The van der Waals surface area contributed by atoms with Gasteiger partial charge in [-0.2, -0.15) is 0 Å². The number of amides is 1. The van der Waals surface area contributed by atoms with Crippen molar-refractivity contribution >= 4 is 11.9 Å². The van der Waals surface area contributed by atoms with Crippen LogP contribution < -0.4 is 5.32 Å². The molecule has 1 aromatic rings. The topological polar surface area (TPSA) is 55.4 Å². The Morgan fingerprint density at radius 2 is 1.93 bits per heavy atom. The Morgan fingerprint density at radius 3 is 2.57 bits per heavy atom. The van der Waals surface area contributed by atoms with E-state index in [-0.39, 0.29) is 12.6 Å². The van der Waals surface area contributed by atoms with Gasteiger partial charge in [0, 0.05) is 0 Å². The maximum atomic E-state index is 11.0. The number of hydrogen-bond acceptors (Lipinski definition) is 3. The summed E-state index contributed by atoms with van der Waals surface area (Å²) in [7, 11) is 0. The molecule has 0 aromatic heterocycles. The lowest BCUT2D eigenvalue weighted by Gasteiger charge is -2.22. The summed E-state index contributed by atoms with van der Waals surface area (Å²) in [6.07, 6.45) is 0. The lowest BCUT2D eigenvalue weighted by molar-refractivity contribution is -0.160. The minimum atomic E-state index is -0.808. The molecule has 1 N–H and O–H groups in total. The molecule has 1 amide bonds. The van der Waals surface area contributed by atoms with Gasteiger partial charge >= 0.3 is 11.9 Å². The monoisotopic (exact) mass is 191 g/mol. The van der Waals surface area contributed by atoms with Gasteiger partial charge in [-0.15, -0.1) is 0 Å². The minimum absolute atomic E-state index is 0.203. The van der Waals surface area contributed by atoms with Crippen molar-refractivity contribution in [1.29, 1.82) is 0 Å². The average molecular weight is 191 g/mol. The Labute approximate surface area is 80.9 Å². The lowest BCUT2D eigenvalue weighted by atomic mass is 10.1. The quantitative estimate of drug-likeness (QED) is 0.516. The fourth-order valence-electron chi connectivity index (χ4n) is 1.35. The van der Waals surface area contributed by atoms with Gasteiger partial charge in [-0.1, -0.05) is 30.3 Å². The van der Waals surface area contributed by atoms with Crippen molar-refractivity contribution in [3.8, 4) is 0 Å². The maximum Gasteiger partial charge on any atom is 0.396 e. The molecule has 1 aromatic carbocycles. The minimum Gasteiger partial charge on any atom is -0.456 e. The summed E-state index contributed by atoms with van der Waals surface area (Å²) in [5.74, 6) is -1.48. The highest BCUT2D eigenvalue weighted by Gasteiger charge is 2.27. The van der Waals surface area contributed by atoms with Crippen LogP contribution in [0.15, 0.2) is 30.3 Å². The lowest BCUT2D eigenvalue weighted by Crippen LogP contribution is -2.43. The van der Waals surface area contributed by atoms with Crippen molar-refractivity contribution in [2.24, 2.45) is 0 Å². The summed E-state index contributed by atoms with van der Waals surface area (Å²) >= 11 is 0. The third-order valence-corrected chi connectivity index (χ3v) is 2.07. The zero-order valence-electron chi connectivity index (χ0n) is 7.40.